The molecule has 0 aromatic carbocycles. The Bertz CT molecular complexity index is 239. The van der Waals surface area contributed by atoms with Crippen molar-refractivity contribution < 1.29 is 4.52 Å². The molecule has 1 heterocycles. The standard InChI is InChI=1S/C8H15N3OS/c1-3-4-9-5-8-10-7(6-13-2)11-12-8/h9H,3-6H2,1-2H3. The van der Waals surface area contributed by atoms with Gasteiger partial charge in [-0.3, -0.25) is 0 Å². The summed E-state index contributed by atoms with van der Waals surface area (Å²) in [5.41, 5.74) is 0. The van der Waals surface area contributed by atoms with Gasteiger partial charge in [-0.05, 0) is 19.2 Å². The van der Waals surface area contributed by atoms with Crippen LogP contribution in [0.1, 0.15) is 25.1 Å². The second kappa shape index (κ2) is 5.99. The zero-order valence-electron chi connectivity index (χ0n) is 8.04. The number of hydrogen-bond acceptors (Lipinski definition) is 5. The van der Waals surface area contributed by atoms with Crippen molar-refractivity contribution in [2.24, 2.45) is 0 Å². The minimum Gasteiger partial charge on any atom is -0.338 e. The zero-order valence-corrected chi connectivity index (χ0v) is 8.86. The van der Waals surface area contributed by atoms with Crippen molar-refractivity contribution in [3.8, 4) is 0 Å². The summed E-state index contributed by atoms with van der Waals surface area (Å²) >= 11 is 1.69. The van der Waals surface area contributed by atoms with Gasteiger partial charge in [0.05, 0.1) is 12.3 Å². The van der Waals surface area contributed by atoms with Gasteiger partial charge >= 0.3 is 0 Å². The summed E-state index contributed by atoms with van der Waals surface area (Å²) in [6.07, 6.45) is 3.14. The molecule has 5 heteroatoms. The SMILES string of the molecule is CCCNCc1nc(CSC)no1. The van der Waals surface area contributed by atoms with E-state index in [1.54, 1.807) is 11.8 Å². The van der Waals surface area contributed by atoms with E-state index in [-0.39, 0.29) is 0 Å². The van der Waals surface area contributed by atoms with Crippen LogP contribution in [0, 0.1) is 0 Å². The van der Waals surface area contributed by atoms with Gasteiger partial charge in [-0.15, -0.1) is 0 Å². The lowest BCUT2D eigenvalue weighted by Gasteiger charge is -1.95. The van der Waals surface area contributed by atoms with Gasteiger partial charge < -0.3 is 9.84 Å². The lowest BCUT2D eigenvalue weighted by atomic mass is 10.5. The molecule has 0 radical (unpaired) electrons. The maximum atomic E-state index is 5.03. The maximum Gasteiger partial charge on any atom is 0.240 e. The van der Waals surface area contributed by atoms with Crippen LogP contribution in [0.25, 0.3) is 0 Å². The fourth-order valence-electron chi connectivity index (χ4n) is 0.922. The summed E-state index contributed by atoms with van der Waals surface area (Å²) < 4.78 is 5.03. The molecule has 0 amide bonds. The van der Waals surface area contributed by atoms with Crippen LogP contribution in [0.5, 0.6) is 0 Å². The van der Waals surface area contributed by atoms with Crippen molar-refractivity contribution in [3.05, 3.63) is 11.7 Å². The molecule has 0 atom stereocenters. The van der Waals surface area contributed by atoms with Crippen LogP contribution in [0.2, 0.25) is 0 Å². The van der Waals surface area contributed by atoms with Gasteiger partial charge in [0.15, 0.2) is 5.82 Å². The molecule has 0 spiro atoms. The Kier molecular flexibility index (Phi) is 4.85. The Morgan fingerprint density at radius 2 is 2.38 bits per heavy atom. The minimum absolute atomic E-state index is 0.676. The lowest BCUT2D eigenvalue weighted by molar-refractivity contribution is 0.364. The largest absolute Gasteiger partial charge is 0.338 e. The average Bonchev–Trinajstić information content (AvgIpc) is 2.54. The summed E-state index contributed by atoms with van der Waals surface area (Å²) in [5, 5.41) is 7.04. The Balaban J connectivity index is 2.31. The molecule has 0 aliphatic carbocycles. The third kappa shape index (κ3) is 3.78. The molecule has 1 N–H and O–H groups in total. The first kappa shape index (κ1) is 10.5. The molecule has 0 saturated carbocycles. The smallest absolute Gasteiger partial charge is 0.240 e. The van der Waals surface area contributed by atoms with E-state index in [1.165, 1.54) is 0 Å². The van der Waals surface area contributed by atoms with Crippen LogP contribution >= 0.6 is 11.8 Å². The number of nitrogens with one attached hydrogen (secondary N) is 1. The Labute approximate surface area is 82.5 Å². The van der Waals surface area contributed by atoms with Gasteiger partial charge in [0.1, 0.15) is 0 Å². The molecule has 0 aliphatic heterocycles. The molecule has 0 fully saturated rings. The molecule has 0 bridgehead atoms. The molecule has 0 aliphatic rings. The van der Waals surface area contributed by atoms with E-state index in [9.17, 15) is 0 Å². The monoisotopic (exact) mass is 201 g/mol. The van der Waals surface area contributed by atoms with Crippen molar-refractivity contribution >= 4 is 11.8 Å². The van der Waals surface area contributed by atoms with Gasteiger partial charge in [0.25, 0.3) is 0 Å². The predicted octanol–water partition coefficient (Wildman–Crippen LogP) is 1.43. The quantitative estimate of drug-likeness (QED) is 0.706. The molecule has 1 aromatic heterocycles. The van der Waals surface area contributed by atoms with E-state index in [0.717, 1.165) is 24.5 Å². The van der Waals surface area contributed by atoms with Crippen LogP contribution in [0.3, 0.4) is 0 Å². The number of aromatic nitrogens is 2. The summed E-state index contributed by atoms with van der Waals surface area (Å²) in [6, 6.07) is 0. The molecule has 4 nitrogen and oxygen atoms in total. The number of hydrogen-bond donors (Lipinski definition) is 1. The highest BCUT2D eigenvalue weighted by molar-refractivity contribution is 7.97. The van der Waals surface area contributed by atoms with Crippen molar-refractivity contribution in [2.45, 2.75) is 25.6 Å². The van der Waals surface area contributed by atoms with Crippen LogP contribution < -0.4 is 5.32 Å². The second-order valence-electron chi connectivity index (χ2n) is 2.71. The fraction of sp³-hybridized carbons (Fsp3) is 0.750. The number of nitrogens with zero attached hydrogens (tertiary/aromatic N) is 2. The zero-order chi connectivity index (χ0) is 9.52. The van der Waals surface area contributed by atoms with Crippen molar-refractivity contribution in [1.29, 1.82) is 0 Å². The van der Waals surface area contributed by atoms with Gasteiger partial charge in [-0.2, -0.15) is 16.7 Å². The molecular weight excluding hydrogens is 186 g/mol. The van der Waals surface area contributed by atoms with E-state index in [1.807, 2.05) is 6.26 Å². The highest BCUT2D eigenvalue weighted by Gasteiger charge is 2.03. The topological polar surface area (TPSA) is 51.0 Å². The van der Waals surface area contributed by atoms with E-state index in [2.05, 4.69) is 22.4 Å². The third-order valence-corrected chi connectivity index (χ3v) is 2.03. The average molecular weight is 201 g/mol. The number of rotatable bonds is 6. The second-order valence-corrected chi connectivity index (χ2v) is 3.58. The molecule has 1 aromatic rings. The van der Waals surface area contributed by atoms with E-state index in [4.69, 9.17) is 4.52 Å². The third-order valence-electron chi connectivity index (χ3n) is 1.49. The van der Waals surface area contributed by atoms with Gasteiger partial charge in [0, 0.05) is 0 Å². The van der Waals surface area contributed by atoms with E-state index < -0.39 is 0 Å². The molecule has 0 saturated heterocycles. The molecular formula is C8H15N3OS. The maximum absolute atomic E-state index is 5.03. The Morgan fingerprint density at radius 3 is 3.08 bits per heavy atom. The minimum atomic E-state index is 0.676. The lowest BCUT2D eigenvalue weighted by Crippen LogP contribution is -2.13. The predicted molar refractivity (Wildman–Crippen MR) is 53.5 cm³/mol. The van der Waals surface area contributed by atoms with Gasteiger partial charge in [-0.1, -0.05) is 12.1 Å². The first-order valence-electron chi connectivity index (χ1n) is 4.38. The molecule has 74 valence electrons. The highest BCUT2D eigenvalue weighted by atomic mass is 32.2. The fourth-order valence-corrected chi connectivity index (χ4v) is 1.30. The van der Waals surface area contributed by atoms with E-state index in [0.29, 0.717) is 12.4 Å². The summed E-state index contributed by atoms with van der Waals surface area (Å²) in [4.78, 5) is 4.21. The molecule has 13 heavy (non-hydrogen) atoms. The summed E-state index contributed by atoms with van der Waals surface area (Å²) in [7, 11) is 0. The van der Waals surface area contributed by atoms with Crippen molar-refractivity contribution in [2.75, 3.05) is 12.8 Å². The Hall–Kier alpha value is -0.550. The first-order valence-corrected chi connectivity index (χ1v) is 5.77. The Morgan fingerprint density at radius 1 is 1.54 bits per heavy atom. The highest BCUT2D eigenvalue weighted by Crippen LogP contribution is 2.04. The van der Waals surface area contributed by atoms with Crippen LogP contribution in [-0.4, -0.2) is 22.9 Å². The van der Waals surface area contributed by atoms with Gasteiger partial charge in [0.2, 0.25) is 5.89 Å². The van der Waals surface area contributed by atoms with Crippen LogP contribution in [0.15, 0.2) is 4.52 Å². The van der Waals surface area contributed by atoms with Gasteiger partial charge in [-0.25, -0.2) is 0 Å². The molecule has 1 rings (SSSR count). The van der Waals surface area contributed by atoms with Crippen molar-refractivity contribution in [3.63, 3.8) is 0 Å². The molecule has 0 unspecified atom stereocenters. The van der Waals surface area contributed by atoms with Crippen LogP contribution in [0.4, 0.5) is 0 Å². The summed E-state index contributed by atoms with van der Waals surface area (Å²) in [6.45, 7) is 3.79. The van der Waals surface area contributed by atoms with Crippen molar-refractivity contribution in [1.82, 2.24) is 15.5 Å². The number of thioether (sulfide) groups is 1. The first-order chi connectivity index (χ1) is 6.36. The summed E-state index contributed by atoms with van der Waals surface area (Å²) in [5.74, 6) is 2.27. The van der Waals surface area contributed by atoms with E-state index >= 15 is 0 Å². The van der Waals surface area contributed by atoms with Crippen LogP contribution in [-0.2, 0) is 12.3 Å². The normalized spacial score (nSPS) is 10.6.